The smallest absolute Gasteiger partial charge is 0.240 e. The summed E-state index contributed by atoms with van der Waals surface area (Å²) in [5, 5.41) is 6.84. The van der Waals surface area contributed by atoms with Crippen LogP contribution in [0, 0.1) is 6.92 Å². The molecular formula is C14H19N3O3S. The second kappa shape index (κ2) is 6.38. The van der Waals surface area contributed by atoms with Gasteiger partial charge in [-0.2, -0.15) is 0 Å². The van der Waals surface area contributed by atoms with Crippen LogP contribution < -0.4 is 10.0 Å². The Balaban J connectivity index is 2.15. The molecule has 1 aromatic heterocycles. The predicted molar refractivity (Wildman–Crippen MR) is 79.2 cm³/mol. The van der Waals surface area contributed by atoms with Gasteiger partial charge >= 0.3 is 0 Å². The van der Waals surface area contributed by atoms with Gasteiger partial charge in [-0.1, -0.05) is 17.3 Å². The van der Waals surface area contributed by atoms with E-state index in [1.165, 1.54) is 0 Å². The Kier molecular flexibility index (Phi) is 4.76. The number of hydrogen-bond donors (Lipinski definition) is 2. The van der Waals surface area contributed by atoms with Gasteiger partial charge in [0, 0.05) is 12.1 Å². The first kappa shape index (κ1) is 15.7. The summed E-state index contributed by atoms with van der Waals surface area (Å²) in [4.78, 5) is 0.238. The summed E-state index contributed by atoms with van der Waals surface area (Å²) in [5.41, 5.74) is 1.47. The normalized spacial score (nSPS) is 13.3. The van der Waals surface area contributed by atoms with E-state index in [1.54, 1.807) is 31.2 Å². The maximum Gasteiger partial charge on any atom is 0.240 e. The monoisotopic (exact) mass is 309 g/mol. The Labute approximate surface area is 124 Å². The van der Waals surface area contributed by atoms with Gasteiger partial charge in [-0.25, -0.2) is 13.1 Å². The molecule has 1 atom stereocenters. The summed E-state index contributed by atoms with van der Waals surface area (Å²) in [5.74, 6) is 0.647. The van der Waals surface area contributed by atoms with E-state index in [1.807, 2.05) is 20.0 Å². The van der Waals surface area contributed by atoms with Crippen LogP contribution in [0.15, 0.2) is 39.8 Å². The van der Waals surface area contributed by atoms with Gasteiger partial charge in [0.2, 0.25) is 10.0 Å². The van der Waals surface area contributed by atoms with E-state index < -0.39 is 10.0 Å². The van der Waals surface area contributed by atoms with Crippen molar-refractivity contribution < 1.29 is 12.9 Å². The summed E-state index contributed by atoms with van der Waals surface area (Å²) >= 11 is 0. The molecule has 114 valence electrons. The fraction of sp³-hybridized carbons (Fsp3) is 0.357. The Bertz CT molecular complexity index is 710. The maximum atomic E-state index is 12.3. The van der Waals surface area contributed by atoms with Crippen molar-refractivity contribution in [2.45, 2.75) is 31.3 Å². The number of nitrogens with one attached hydrogen (secondary N) is 2. The Morgan fingerprint density at radius 2 is 2.10 bits per heavy atom. The van der Waals surface area contributed by atoms with Crippen molar-refractivity contribution in [3.05, 3.63) is 47.3 Å². The van der Waals surface area contributed by atoms with Crippen LogP contribution in [0.4, 0.5) is 0 Å². The van der Waals surface area contributed by atoms with Crippen molar-refractivity contribution in [1.29, 1.82) is 0 Å². The highest BCUT2D eigenvalue weighted by atomic mass is 32.2. The highest BCUT2D eigenvalue weighted by Crippen LogP contribution is 2.17. The first-order valence-electron chi connectivity index (χ1n) is 6.61. The van der Waals surface area contributed by atoms with Crippen molar-refractivity contribution in [3.8, 4) is 0 Å². The zero-order valence-electron chi connectivity index (χ0n) is 12.3. The van der Waals surface area contributed by atoms with E-state index >= 15 is 0 Å². The van der Waals surface area contributed by atoms with Crippen LogP contribution in [0.3, 0.4) is 0 Å². The van der Waals surface area contributed by atoms with Crippen molar-refractivity contribution in [3.63, 3.8) is 0 Å². The molecule has 0 aliphatic carbocycles. The minimum Gasteiger partial charge on any atom is -0.361 e. The second-order valence-electron chi connectivity index (χ2n) is 4.84. The molecule has 21 heavy (non-hydrogen) atoms. The molecule has 0 fully saturated rings. The molecule has 0 amide bonds. The molecule has 2 N–H and O–H groups in total. The third-order valence-corrected chi connectivity index (χ3v) is 4.62. The molecular weight excluding hydrogens is 290 g/mol. The van der Waals surface area contributed by atoms with Crippen LogP contribution in [0.2, 0.25) is 0 Å². The molecule has 0 saturated heterocycles. The van der Waals surface area contributed by atoms with Crippen LogP contribution in [-0.4, -0.2) is 20.6 Å². The van der Waals surface area contributed by atoms with Crippen molar-refractivity contribution in [2.24, 2.45) is 0 Å². The van der Waals surface area contributed by atoms with Gasteiger partial charge in [0.15, 0.2) is 0 Å². The standard InChI is InChI=1S/C14H19N3O3S/c1-10-7-13(17-20-10)9-16-21(18,19)14-6-4-5-12(8-14)11(2)15-3/h4-8,11,15-16H,9H2,1-3H3. The van der Waals surface area contributed by atoms with Crippen molar-refractivity contribution in [2.75, 3.05) is 7.05 Å². The minimum atomic E-state index is -3.57. The molecule has 0 radical (unpaired) electrons. The Morgan fingerprint density at radius 3 is 2.71 bits per heavy atom. The fourth-order valence-electron chi connectivity index (χ4n) is 1.87. The lowest BCUT2D eigenvalue weighted by Gasteiger charge is -2.12. The lowest BCUT2D eigenvalue weighted by Crippen LogP contribution is -2.24. The average Bonchev–Trinajstić information content (AvgIpc) is 2.90. The lowest BCUT2D eigenvalue weighted by molar-refractivity contribution is 0.390. The summed E-state index contributed by atoms with van der Waals surface area (Å²) in [6, 6.07) is 8.64. The summed E-state index contributed by atoms with van der Waals surface area (Å²) in [7, 11) is -1.74. The van der Waals surface area contributed by atoms with Gasteiger partial charge in [0.25, 0.3) is 0 Å². The van der Waals surface area contributed by atoms with Crippen LogP contribution in [0.25, 0.3) is 0 Å². The second-order valence-corrected chi connectivity index (χ2v) is 6.60. The highest BCUT2D eigenvalue weighted by Gasteiger charge is 2.16. The molecule has 1 unspecified atom stereocenters. The SMILES string of the molecule is CNC(C)c1cccc(S(=O)(=O)NCc2cc(C)on2)c1. The molecule has 0 spiro atoms. The summed E-state index contributed by atoms with van der Waals surface area (Å²) in [6.07, 6.45) is 0. The quantitative estimate of drug-likeness (QED) is 0.849. The van der Waals surface area contributed by atoms with Crippen LogP contribution in [0.1, 0.15) is 30.0 Å². The summed E-state index contributed by atoms with van der Waals surface area (Å²) in [6.45, 7) is 3.83. The van der Waals surface area contributed by atoms with E-state index in [0.29, 0.717) is 11.5 Å². The number of aryl methyl sites for hydroxylation is 1. The van der Waals surface area contributed by atoms with Gasteiger partial charge < -0.3 is 9.84 Å². The Hall–Kier alpha value is -1.70. The van der Waals surface area contributed by atoms with E-state index in [-0.39, 0.29) is 17.5 Å². The molecule has 0 saturated carbocycles. The van der Waals surface area contributed by atoms with Crippen molar-refractivity contribution in [1.82, 2.24) is 15.2 Å². The molecule has 0 bridgehead atoms. The molecule has 1 heterocycles. The number of benzene rings is 1. The number of sulfonamides is 1. The molecule has 7 heteroatoms. The van der Waals surface area contributed by atoms with Gasteiger partial charge in [0.05, 0.1) is 17.1 Å². The topological polar surface area (TPSA) is 84.2 Å². The van der Waals surface area contributed by atoms with Crippen LogP contribution >= 0.6 is 0 Å². The third-order valence-electron chi connectivity index (χ3n) is 3.22. The number of hydrogen-bond acceptors (Lipinski definition) is 5. The first-order chi connectivity index (χ1) is 9.92. The molecule has 0 aliphatic heterocycles. The lowest BCUT2D eigenvalue weighted by atomic mass is 10.1. The van der Waals surface area contributed by atoms with Crippen LogP contribution in [-0.2, 0) is 16.6 Å². The first-order valence-corrected chi connectivity index (χ1v) is 8.10. The number of aromatic nitrogens is 1. The predicted octanol–water partition coefficient (Wildman–Crippen LogP) is 1.74. The largest absolute Gasteiger partial charge is 0.361 e. The van der Waals surface area contributed by atoms with Gasteiger partial charge in [0.1, 0.15) is 5.76 Å². The zero-order chi connectivity index (χ0) is 15.5. The van der Waals surface area contributed by atoms with Crippen LogP contribution in [0.5, 0.6) is 0 Å². The van der Waals surface area contributed by atoms with E-state index in [9.17, 15) is 8.42 Å². The zero-order valence-corrected chi connectivity index (χ0v) is 13.1. The van der Waals surface area contributed by atoms with Gasteiger partial charge in [-0.15, -0.1) is 0 Å². The average molecular weight is 309 g/mol. The molecule has 6 nitrogen and oxygen atoms in total. The van der Waals surface area contributed by atoms with E-state index in [4.69, 9.17) is 4.52 Å². The molecule has 0 aliphatic rings. The fourth-order valence-corrected chi connectivity index (χ4v) is 2.92. The number of nitrogens with zero attached hydrogens (tertiary/aromatic N) is 1. The molecule has 1 aromatic carbocycles. The molecule has 2 rings (SSSR count). The molecule has 2 aromatic rings. The number of rotatable bonds is 6. The third kappa shape index (κ3) is 3.90. The van der Waals surface area contributed by atoms with Gasteiger partial charge in [-0.05, 0) is 38.6 Å². The van der Waals surface area contributed by atoms with Crippen molar-refractivity contribution >= 4 is 10.0 Å². The van der Waals surface area contributed by atoms with E-state index in [2.05, 4.69) is 15.2 Å². The summed E-state index contributed by atoms with van der Waals surface area (Å²) < 4.78 is 32.0. The minimum absolute atomic E-state index is 0.0818. The highest BCUT2D eigenvalue weighted by molar-refractivity contribution is 7.89. The van der Waals surface area contributed by atoms with E-state index in [0.717, 1.165) is 5.56 Å². The Morgan fingerprint density at radius 1 is 1.33 bits per heavy atom. The maximum absolute atomic E-state index is 12.3. The van der Waals surface area contributed by atoms with Gasteiger partial charge in [-0.3, -0.25) is 0 Å².